The average molecular weight is 260 g/mol. The molecule has 0 saturated heterocycles. The predicted octanol–water partition coefficient (Wildman–Crippen LogP) is 1.75. The molecule has 6 nitrogen and oxygen atoms in total. The Balaban J connectivity index is 2.66. The summed E-state index contributed by atoms with van der Waals surface area (Å²) in [6.45, 7) is 3.67. The minimum atomic E-state index is 0.316. The fourth-order valence-corrected chi connectivity index (χ4v) is 1.85. The van der Waals surface area contributed by atoms with Crippen molar-refractivity contribution in [2.75, 3.05) is 20.0 Å². The van der Waals surface area contributed by atoms with Crippen molar-refractivity contribution < 1.29 is 9.47 Å². The zero-order chi connectivity index (χ0) is 14.0. The summed E-state index contributed by atoms with van der Waals surface area (Å²) in [7, 11) is 3.21. The lowest BCUT2D eigenvalue weighted by molar-refractivity contribution is 0.401. The summed E-state index contributed by atoms with van der Waals surface area (Å²) < 4.78 is 10.7. The van der Waals surface area contributed by atoms with E-state index in [0.29, 0.717) is 28.6 Å². The highest BCUT2D eigenvalue weighted by atomic mass is 16.5. The molecule has 2 rings (SSSR count). The molecule has 0 bridgehead atoms. The van der Waals surface area contributed by atoms with Crippen LogP contribution in [-0.4, -0.2) is 29.4 Å². The molecule has 0 aliphatic carbocycles. The molecule has 0 aliphatic rings. The maximum atomic E-state index is 5.90. The number of anilines is 1. The first-order chi connectivity index (χ1) is 9.06. The summed E-state index contributed by atoms with van der Waals surface area (Å²) in [5.41, 5.74) is 8.06. The number of hydrogen-bond donors (Lipinski definition) is 1. The molecule has 100 valence electrons. The number of rotatable bonds is 3. The first-order valence-electron chi connectivity index (χ1n) is 5.76. The maximum Gasteiger partial charge on any atom is 0.154 e. The van der Waals surface area contributed by atoms with Gasteiger partial charge in [0.05, 0.1) is 19.8 Å². The number of ether oxygens (including phenoxy) is 2. The van der Waals surface area contributed by atoms with Gasteiger partial charge in [-0.15, -0.1) is 10.2 Å². The summed E-state index contributed by atoms with van der Waals surface area (Å²) in [5.74, 6) is 2.23. The van der Waals surface area contributed by atoms with E-state index in [1.165, 1.54) is 0 Å². The SMILES string of the molecule is COc1cc(-c2nnc(C)nc2N)c(OC)cc1C. The second-order valence-corrected chi connectivity index (χ2v) is 4.11. The monoisotopic (exact) mass is 260 g/mol. The Hall–Kier alpha value is -2.37. The molecule has 0 saturated carbocycles. The van der Waals surface area contributed by atoms with Crippen molar-refractivity contribution in [1.29, 1.82) is 0 Å². The van der Waals surface area contributed by atoms with Crippen LogP contribution in [0, 0.1) is 13.8 Å². The molecule has 0 fully saturated rings. The molecule has 19 heavy (non-hydrogen) atoms. The van der Waals surface area contributed by atoms with Gasteiger partial charge >= 0.3 is 0 Å². The molecule has 2 N–H and O–H groups in total. The van der Waals surface area contributed by atoms with Gasteiger partial charge in [-0.1, -0.05) is 0 Å². The van der Waals surface area contributed by atoms with Crippen LogP contribution in [0.1, 0.15) is 11.4 Å². The maximum absolute atomic E-state index is 5.90. The molecule has 0 aliphatic heterocycles. The molecular formula is C13H16N4O2. The highest BCUT2D eigenvalue weighted by Crippen LogP contribution is 2.36. The van der Waals surface area contributed by atoms with E-state index in [2.05, 4.69) is 15.2 Å². The summed E-state index contributed by atoms with van der Waals surface area (Å²) in [4.78, 5) is 4.11. The number of aromatic nitrogens is 3. The topological polar surface area (TPSA) is 83.2 Å². The van der Waals surface area contributed by atoms with E-state index in [-0.39, 0.29) is 0 Å². The van der Waals surface area contributed by atoms with Crippen molar-refractivity contribution in [3.63, 3.8) is 0 Å². The van der Waals surface area contributed by atoms with Gasteiger partial charge in [0.1, 0.15) is 23.0 Å². The lowest BCUT2D eigenvalue weighted by Crippen LogP contribution is -2.03. The van der Waals surface area contributed by atoms with Crippen LogP contribution >= 0.6 is 0 Å². The smallest absolute Gasteiger partial charge is 0.154 e. The van der Waals surface area contributed by atoms with Crippen LogP contribution in [0.15, 0.2) is 12.1 Å². The third-order valence-corrected chi connectivity index (χ3v) is 2.79. The Kier molecular flexibility index (Phi) is 3.50. The van der Waals surface area contributed by atoms with E-state index in [4.69, 9.17) is 15.2 Å². The largest absolute Gasteiger partial charge is 0.496 e. The van der Waals surface area contributed by atoms with Gasteiger partial charge in [0.2, 0.25) is 0 Å². The van der Waals surface area contributed by atoms with Crippen LogP contribution < -0.4 is 15.2 Å². The van der Waals surface area contributed by atoms with Gasteiger partial charge in [0.15, 0.2) is 5.82 Å². The van der Waals surface area contributed by atoms with Crippen molar-refractivity contribution in [2.24, 2.45) is 0 Å². The number of methoxy groups -OCH3 is 2. The summed E-state index contributed by atoms with van der Waals surface area (Å²) >= 11 is 0. The Morgan fingerprint density at radius 3 is 2.26 bits per heavy atom. The fourth-order valence-electron chi connectivity index (χ4n) is 1.85. The standard InChI is InChI=1S/C13H16N4O2/c1-7-5-11(19-4)9(6-10(7)18-3)12-13(14)15-8(2)16-17-12/h5-6H,1-4H3,(H2,14,15,16). The highest BCUT2D eigenvalue weighted by molar-refractivity contribution is 5.76. The summed E-state index contributed by atoms with van der Waals surface area (Å²) in [6, 6.07) is 3.70. The van der Waals surface area contributed by atoms with E-state index < -0.39 is 0 Å². The second kappa shape index (κ2) is 5.09. The van der Waals surface area contributed by atoms with E-state index in [1.54, 1.807) is 21.1 Å². The van der Waals surface area contributed by atoms with Crippen LogP contribution in [0.5, 0.6) is 11.5 Å². The van der Waals surface area contributed by atoms with Crippen LogP contribution in [-0.2, 0) is 0 Å². The summed E-state index contributed by atoms with van der Waals surface area (Å²) in [6.07, 6.45) is 0. The molecule has 0 spiro atoms. The van der Waals surface area contributed by atoms with Gasteiger partial charge in [0, 0.05) is 0 Å². The highest BCUT2D eigenvalue weighted by Gasteiger charge is 2.15. The zero-order valence-electron chi connectivity index (χ0n) is 11.4. The first kappa shape index (κ1) is 13.1. The van der Waals surface area contributed by atoms with Crippen molar-refractivity contribution in [1.82, 2.24) is 15.2 Å². The van der Waals surface area contributed by atoms with E-state index in [9.17, 15) is 0 Å². The molecule has 1 heterocycles. The van der Waals surface area contributed by atoms with Gasteiger partial charge in [-0.2, -0.15) is 0 Å². The van der Waals surface area contributed by atoms with E-state index in [1.807, 2.05) is 19.1 Å². The lowest BCUT2D eigenvalue weighted by atomic mass is 10.1. The van der Waals surface area contributed by atoms with Crippen molar-refractivity contribution >= 4 is 5.82 Å². The molecule has 0 radical (unpaired) electrons. The average Bonchev–Trinajstić information content (AvgIpc) is 2.39. The number of nitrogens with two attached hydrogens (primary N) is 1. The molecule has 1 aromatic heterocycles. The normalized spacial score (nSPS) is 10.3. The Bertz CT molecular complexity index is 614. The van der Waals surface area contributed by atoms with E-state index in [0.717, 1.165) is 11.3 Å². The number of nitrogen functional groups attached to an aromatic ring is 1. The second-order valence-electron chi connectivity index (χ2n) is 4.11. The molecule has 0 amide bonds. The third kappa shape index (κ3) is 2.42. The molecule has 0 atom stereocenters. The van der Waals surface area contributed by atoms with Crippen molar-refractivity contribution in [2.45, 2.75) is 13.8 Å². The lowest BCUT2D eigenvalue weighted by Gasteiger charge is -2.13. The van der Waals surface area contributed by atoms with Gasteiger partial charge in [-0.3, -0.25) is 0 Å². The zero-order valence-corrected chi connectivity index (χ0v) is 11.4. The fraction of sp³-hybridized carbons (Fsp3) is 0.308. The van der Waals surface area contributed by atoms with Gasteiger partial charge < -0.3 is 15.2 Å². The van der Waals surface area contributed by atoms with Crippen LogP contribution in [0.25, 0.3) is 11.3 Å². The summed E-state index contributed by atoms with van der Waals surface area (Å²) in [5, 5.41) is 8.02. The van der Waals surface area contributed by atoms with Crippen LogP contribution in [0.2, 0.25) is 0 Å². The Morgan fingerprint density at radius 1 is 1.00 bits per heavy atom. The third-order valence-electron chi connectivity index (χ3n) is 2.79. The Labute approximate surface area is 111 Å². The Morgan fingerprint density at radius 2 is 1.68 bits per heavy atom. The quantitative estimate of drug-likeness (QED) is 0.905. The number of hydrogen-bond acceptors (Lipinski definition) is 6. The van der Waals surface area contributed by atoms with Crippen LogP contribution in [0.3, 0.4) is 0 Å². The first-order valence-corrected chi connectivity index (χ1v) is 5.76. The van der Waals surface area contributed by atoms with Gasteiger partial charge in [-0.25, -0.2) is 4.98 Å². The predicted molar refractivity (Wildman–Crippen MR) is 72.3 cm³/mol. The number of benzene rings is 1. The minimum Gasteiger partial charge on any atom is -0.496 e. The minimum absolute atomic E-state index is 0.316. The molecular weight excluding hydrogens is 244 g/mol. The molecule has 1 aromatic carbocycles. The van der Waals surface area contributed by atoms with Crippen molar-refractivity contribution in [3.8, 4) is 22.8 Å². The molecule has 6 heteroatoms. The molecule has 2 aromatic rings. The molecule has 0 unspecified atom stereocenters. The van der Waals surface area contributed by atoms with Crippen molar-refractivity contribution in [3.05, 3.63) is 23.5 Å². The van der Waals surface area contributed by atoms with Gasteiger partial charge in [-0.05, 0) is 31.5 Å². The van der Waals surface area contributed by atoms with Crippen LogP contribution in [0.4, 0.5) is 5.82 Å². The number of nitrogens with zero attached hydrogens (tertiary/aromatic N) is 3. The van der Waals surface area contributed by atoms with E-state index >= 15 is 0 Å². The van der Waals surface area contributed by atoms with Gasteiger partial charge in [0.25, 0.3) is 0 Å². The number of aryl methyl sites for hydroxylation is 2.